The van der Waals surface area contributed by atoms with Crippen molar-refractivity contribution in [2.45, 2.75) is 13.1 Å². The van der Waals surface area contributed by atoms with Gasteiger partial charge >= 0.3 is 0 Å². The Bertz CT molecular complexity index is 425. The van der Waals surface area contributed by atoms with Gasteiger partial charge in [-0.05, 0) is 11.6 Å². The number of thiazole rings is 1. The van der Waals surface area contributed by atoms with Gasteiger partial charge in [-0.3, -0.25) is 0 Å². The van der Waals surface area contributed by atoms with Crippen LogP contribution in [0.5, 0.6) is 0 Å². The van der Waals surface area contributed by atoms with Crippen molar-refractivity contribution in [2.75, 3.05) is 20.3 Å². The van der Waals surface area contributed by atoms with E-state index in [0.29, 0.717) is 0 Å². The number of nitrogens with one attached hydrogen (secondary N) is 1. The van der Waals surface area contributed by atoms with E-state index in [2.05, 4.69) is 33.3 Å². The standard InChI is InChI=1S/C12H17N3OS/c1-16-6-3-13-8-11-2-5-15(9-11)10-12-14-4-7-17-12/h2,4-5,7,9,13H,3,6,8,10H2,1H3. The van der Waals surface area contributed by atoms with E-state index in [4.69, 9.17) is 4.74 Å². The first kappa shape index (κ1) is 12.3. The van der Waals surface area contributed by atoms with E-state index in [-0.39, 0.29) is 0 Å². The summed E-state index contributed by atoms with van der Waals surface area (Å²) in [6, 6.07) is 2.13. The average Bonchev–Trinajstić information content (AvgIpc) is 2.97. The molecule has 2 heterocycles. The van der Waals surface area contributed by atoms with Crippen LogP contribution in [0, 0.1) is 0 Å². The van der Waals surface area contributed by atoms with Gasteiger partial charge in [-0.25, -0.2) is 4.98 Å². The van der Waals surface area contributed by atoms with Crippen molar-refractivity contribution < 1.29 is 4.74 Å². The normalized spacial score (nSPS) is 10.9. The molecule has 0 saturated carbocycles. The number of aromatic nitrogens is 2. The fourth-order valence-corrected chi connectivity index (χ4v) is 2.21. The van der Waals surface area contributed by atoms with E-state index in [9.17, 15) is 0 Å². The molecule has 2 aromatic heterocycles. The van der Waals surface area contributed by atoms with E-state index >= 15 is 0 Å². The molecule has 0 aliphatic heterocycles. The van der Waals surface area contributed by atoms with Crippen molar-refractivity contribution in [1.82, 2.24) is 14.9 Å². The lowest BCUT2D eigenvalue weighted by Crippen LogP contribution is -2.18. The molecule has 0 spiro atoms. The van der Waals surface area contributed by atoms with Crippen LogP contribution in [-0.2, 0) is 17.8 Å². The monoisotopic (exact) mass is 251 g/mol. The Balaban J connectivity index is 1.79. The van der Waals surface area contributed by atoms with Gasteiger partial charge in [0.15, 0.2) is 0 Å². The molecule has 0 aromatic carbocycles. The van der Waals surface area contributed by atoms with Crippen molar-refractivity contribution in [3.63, 3.8) is 0 Å². The van der Waals surface area contributed by atoms with Crippen LogP contribution < -0.4 is 5.32 Å². The Morgan fingerprint density at radius 3 is 3.24 bits per heavy atom. The molecule has 0 fully saturated rings. The summed E-state index contributed by atoms with van der Waals surface area (Å²) in [6.07, 6.45) is 6.09. The molecule has 0 aliphatic carbocycles. The van der Waals surface area contributed by atoms with Gasteiger partial charge < -0.3 is 14.6 Å². The minimum Gasteiger partial charge on any atom is -0.383 e. The SMILES string of the molecule is COCCNCc1ccn(Cc2nccs2)c1. The molecular weight excluding hydrogens is 234 g/mol. The van der Waals surface area contributed by atoms with Crippen LogP contribution in [0.1, 0.15) is 10.6 Å². The molecule has 2 rings (SSSR count). The zero-order valence-electron chi connectivity index (χ0n) is 9.93. The van der Waals surface area contributed by atoms with Crippen LogP contribution in [0.4, 0.5) is 0 Å². The predicted octanol–water partition coefficient (Wildman–Crippen LogP) is 1.73. The van der Waals surface area contributed by atoms with Crippen molar-refractivity contribution in [3.8, 4) is 0 Å². The Labute approximate surface area is 105 Å². The lowest BCUT2D eigenvalue weighted by molar-refractivity contribution is 0.199. The summed E-state index contributed by atoms with van der Waals surface area (Å²) in [7, 11) is 1.71. The Kier molecular flexibility index (Phi) is 4.73. The smallest absolute Gasteiger partial charge is 0.112 e. The zero-order chi connectivity index (χ0) is 11.9. The molecule has 92 valence electrons. The summed E-state index contributed by atoms with van der Waals surface area (Å²) in [6.45, 7) is 3.37. The van der Waals surface area contributed by atoms with Crippen LogP contribution in [-0.4, -0.2) is 29.8 Å². The summed E-state index contributed by atoms with van der Waals surface area (Å²) >= 11 is 1.69. The fraction of sp³-hybridized carbons (Fsp3) is 0.417. The molecule has 0 amide bonds. The summed E-state index contributed by atoms with van der Waals surface area (Å²) in [5.41, 5.74) is 1.29. The summed E-state index contributed by atoms with van der Waals surface area (Å²) in [4.78, 5) is 4.27. The second kappa shape index (κ2) is 6.54. The van der Waals surface area contributed by atoms with Gasteiger partial charge in [-0.2, -0.15) is 0 Å². The maximum Gasteiger partial charge on any atom is 0.112 e. The molecule has 4 nitrogen and oxygen atoms in total. The fourth-order valence-electron chi connectivity index (χ4n) is 1.59. The van der Waals surface area contributed by atoms with E-state index in [1.807, 2.05) is 11.6 Å². The van der Waals surface area contributed by atoms with Gasteiger partial charge in [-0.15, -0.1) is 11.3 Å². The topological polar surface area (TPSA) is 39.1 Å². The first-order valence-electron chi connectivity index (χ1n) is 5.61. The van der Waals surface area contributed by atoms with Crippen molar-refractivity contribution in [3.05, 3.63) is 40.6 Å². The Morgan fingerprint density at radius 1 is 1.53 bits per heavy atom. The van der Waals surface area contributed by atoms with Crippen molar-refractivity contribution >= 4 is 11.3 Å². The van der Waals surface area contributed by atoms with Gasteiger partial charge in [0.1, 0.15) is 5.01 Å². The Hall–Kier alpha value is -1.17. The number of hydrogen-bond acceptors (Lipinski definition) is 4. The molecule has 5 heteroatoms. The highest BCUT2D eigenvalue weighted by molar-refractivity contribution is 7.09. The number of rotatable bonds is 7. The second-order valence-corrected chi connectivity index (χ2v) is 4.77. The molecule has 17 heavy (non-hydrogen) atoms. The van der Waals surface area contributed by atoms with E-state index in [1.165, 1.54) is 5.56 Å². The van der Waals surface area contributed by atoms with Crippen LogP contribution >= 0.6 is 11.3 Å². The number of nitrogens with zero attached hydrogens (tertiary/aromatic N) is 2. The summed E-state index contributed by atoms with van der Waals surface area (Å²) in [5, 5.41) is 6.47. The van der Waals surface area contributed by atoms with Gasteiger partial charge in [-0.1, -0.05) is 0 Å². The number of methoxy groups -OCH3 is 1. The van der Waals surface area contributed by atoms with E-state index < -0.39 is 0 Å². The van der Waals surface area contributed by atoms with Gasteiger partial charge in [0.2, 0.25) is 0 Å². The highest BCUT2D eigenvalue weighted by Crippen LogP contribution is 2.08. The molecule has 0 bridgehead atoms. The predicted molar refractivity (Wildman–Crippen MR) is 69.2 cm³/mol. The van der Waals surface area contributed by atoms with Crippen molar-refractivity contribution in [2.24, 2.45) is 0 Å². The quantitative estimate of drug-likeness (QED) is 0.762. The third-order valence-corrected chi connectivity index (χ3v) is 3.19. The van der Waals surface area contributed by atoms with Gasteiger partial charge in [0.05, 0.1) is 13.2 Å². The molecule has 0 unspecified atom stereocenters. The second-order valence-electron chi connectivity index (χ2n) is 3.79. The third-order valence-electron chi connectivity index (χ3n) is 2.43. The molecule has 2 aromatic rings. The van der Waals surface area contributed by atoms with Crippen LogP contribution in [0.15, 0.2) is 30.0 Å². The minimum atomic E-state index is 0.750. The van der Waals surface area contributed by atoms with Crippen LogP contribution in [0.2, 0.25) is 0 Å². The summed E-state index contributed by atoms with van der Waals surface area (Å²) in [5.74, 6) is 0. The lowest BCUT2D eigenvalue weighted by atomic mass is 10.3. The van der Waals surface area contributed by atoms with Crippen molar-refractivity contribution in [1.29, 1.82) is 0 Å². The molecule has 0 aliphatic rings. The van der Waals surface area contributed by atoms with Crippen LogP contribution in [0.25, 0.3) is 0 Å². The highest BCUT2D eigenvalue weighted by Gasteiger charge is 1.99. The van der Waals surface area contributed by atoms with E-state index in [1.54, 1.807) is 18.4 Å². The van der Waals surface area contributed by atoms with Gasteiger partial charge in [0, 0.05) is 44.2 Å². The highest BCUT2D eigenvalue weighted by atomic mass is 32.1. The maximum atomic E-state index is 4.98. The largest absolute Gasteiger partial charge is 0.383 e. The van der Waals surface area contributed by atoms with Crippen LogP contribution in [0.3, 0.4) is 0 Å². The van der Waals surface area contributed by atoms with Gasteiger partial charge in [0.25, 0.3) is 0 Å². The summed E-state index contributed by atoms with van der Waals surface area (Å²) < 4.78 is 7.14. The zero-order valence-corrected chi connectivity index (χ0v) is 10.7. The molecule has 1 N–H and O–H groups in total. The molecule has 0 radical (unpaired) electrons. The maximum absolute atomic E-state index is 4.98. The molecule has 0 atom stereocenters. The number of hydrogen-bond donors (Lipinski definition) is 1. The first-order valence-corrected chi connectivity index (χ1v) is 6.49. The Morgan fingerprint density at radius 2 is 2.47 bits per heavy atom. The minimum absolute atomic E-state index is 0.750. The molecule has 0 saturated heterocycles. The first-order chi connectivity index (χ1) is 8.38. The molecular formula is C12H17N3OS. The number of ether oxygens (including phenoxy) is 1. The average molecular weight is 251 g/mol. The third kappa shape index (κ3) is 3.96. The van der Waals surface area contributed by atoms with E-state index in [0.717, 1.165) is 31.2 Å². The lowest BCUT2D eigenvalue weighted by Gasteiger charge is -2.02.